The zero-order chi connectivity index (χ0) is 18.0. The number of esters is 1. The van der Waals surface area contributed by atoms with Crippen LogP contribution in [0.3, 0.4) is 0 Å². The molecule has 0 fully saturated rings. The molecule has 0 unspecified atom stereocenters. The van der Waals surface area contributed by atoms with Crippen LogP contribution in [0.5, 0.6) is 11.5 Å². The highest BCUT2D eigenvalue weighted by Gasteiger charge is 2.30. The molecule has 0 amide bonds. The van der Waals surface area contributed by atoms with Gasteiger partial charge in [-0.05, 0) is 42.8 Å². The number of rotatable bonds is 4. The Kier molecular flexibility index (Phi) is 4.63. The number of carbonyl (C=O) groups is 2. The van der Waals surface area contributed by atoms with Crippen LogP contribution in [-0.4, -0.2) is 25.5 Å². The van der Waals surface area contributed by atoms with Gasteiger partial charge in [-0.25, -0.2) is 9.18 Å². The molecule has 0 aromatic heterocycles. The Bertz CT molecular complexity index is 885. The maximum absolute atomic E-state index is 13.3. The number of hydrogen-bond acceptors (Lipinski definition) is 5. The van der Waals surface area contributed by atoms with Crippen molar-refractivity contribution in [2.24, 2.45) is 0 Å². The molecule has 0 aliphatic carbocycles. The van der Waals surface area contributed by atoms with Crippen LogP contribution in [0, 0.1) is 12.7 Å². The van der Waals surface area contributed by atoms with E-state index in [0.717, 1.165) is 0 Å². The second kappa shape index (κ2) is 6.86. The van der Waals surface area contributed by atoms with Gasteiger partial charge in [-0.1, -0.05) is 12.1 Å². The van der Waals surface area contributed by atoms with Gasteiger partial charge in [0.1, 0.15) is 23.9 Å². The minimum Gasteiger partial charge on any atom is -0.452 e. The van der Waals surface area contributed by atoms with Crippen molar-refractivity contribution in [3.05, 3.63) is 64.7 Å². The first-order valence-electron chi connectivity index (χ1n) is 7.52. The van der Waals surface area contributed by atoms with Crippen molar-refractivity contribution in [2.75, 3.05) is 13.7 Å². The minimum absolute atomic E-state index is 0.0871. The number of halogens is 1. The molecule has 5 nitrogen and oxygen atoms in total. The molecular formula is C19H15FO5. The quantitative estimate of drug-likeness (QED) is 0.485. The zero-order valence-electron chi connectivity index (χ0n) is 13.7. The highest BCUT2D eigenvalue weighted by Crippen LogP contribution is 2.39. The highest BCUT2D eigenvalue weighted by molar-refractivity contribution is 6.15. The zero-order valence-corrected chi connectivity index (χ0v) is 13.7. The molecule has 3 rings (SSSR count). The van der Waals surface area contributed by atoms with Crippen molar-refractivity contribution in [3.8, 4) is 11.5 Å². The van der Waals surface area contributed by atoms with Gasteiger partial charge in [0.25, 0.3) is 0 Å². The third-order valence-corrected chi connectivity index (χ3v) is 3.67. The van der Waals surface area contributed by atoms with Crippen molar-refractivity contribution < 1.29 is 28.2 Å². The van der Waals surface area contributed by atoms with Crippen LogP contribution >= 0.6 is 0 Å². The summed E-state index contributed by atoms with van der Waals surface area (Å²) in [6.07, 6.45) is 1.47. The molecule has 2 aromatic carbocycles. The number of benzene rings is 2. The van der Waals surface area contributed by atoms with Crippen molar-refractivity contribution in [1.29, 1.82) is 0 Å². The van der Waals surface area contributed by atoms with Crippen LogP contribution < -0.4 is 9.47 Å². The molecule has 0 radical (unpaired) electrons. The van der Waals surface area contributed by atoms with E-state index in [1.807, 2.05) is 0 Å². The van der Waals surface area contributed by atoms with Gasteiger partial charge >= 0.3 is 5.97 Å². The Morgan fingerprint density at radius 3 is 2.80 bits per heavy atom. The van der Waals surface area contributed by atoms with Crippen LogP contribution in [0.25, 0.3) is 6.08 Å². The van der Waals surface area contributed by atoms with E-state index in [1.54, 1.807) is 19.1 Å². The lowest BCUT2D eigenvalue weighted by molar-refractivity contribution is -0.138. The molecule has 1 aliphatic rings. The van der Waals surface area contributed by atoms with Crippen molar-refractivity contribution in [1.82, 2.24) is 0 Å². The summed E-state index contributed by atoms with van der Waals surface area (Å²) in [6.45, 7) is 1.51. The number of fused-ring (bicyclic) bond motifs is 1. The first kappa shape index (κ1) is 16.9. The molecule has 0 atom stereocenters. The lowest BCUT2D eigenvalue weighted by Crippen LogP contribution is -2.14. The normalized spacial score (nSPS) is 14.4. The van der Waals surface area contributed by atoms with E-state index in [4.69, 9.17) is 14.2 Å². The molecule has 25 heavy (non-hydrogen) atoms. The number of ketones is 1. The summed E-state index contributed by atoms with van der Waals surface area (Å²) >= 11 is 0. The van der Waals surface area contributed by atoms with E-state index in [-0.39, 0.29) is 18.1 Å². The Morgan fingerprint density at radius 2 is 2.08 bits per heavy atom. The number of ether oxygens (including phenoxy) is 3. The topological polar surface area (TPSA) is 61.8 Å². The second-order valence-electron chi connectivity index (χ2n) is 5.47. The highest BCUT2D eigenvalue weighted by atomic mass is 19.1. The Morgan fingerprint density at radius 1 is 1.28 bits per heavy atom. The summed E-state index contributed by atoms with van der Waals surface area (Å²) in [5.74, 6) is -0.552. The van der Waals surface area contributed by atoms with E-state index in [9.17, 15) is 14.0 Å². The molecule has 0 bridgehead atoms. The monoisotopic (exact) mass is 342 g/mol. The first-order valence-corrected chi connectivity index (χ1v) is 7.52. The van der Waals surface area contributed by atoms with Crippen molar-refractivity contribution in [2.45, 2.75) is 6.92 Å². The molecule has 0 saturated carbocycles. The molecule has 0 spiro atoms. The summed E-state index contributed by atoms with van der Waals surface area (Å²) in [4.78, 5) is 24.0. The van der Waals surface area contributed by atoms with Gasteiger partial charge in [-0.15, -0.1) is 0 Å². The SMILES string of the molecule is COCC(=O)Oc1ccc2c(c1C)O/C(=C\c1cccc(F)c1)C2=O. The fourth-order valence-electron chi connectivity index (χ4n) is 2.50. The minimum atomic E-state index is -0.551. The third kappa shape index (κ3) is 3.44. The van der Waals surface area contributed by atoms with E-state index in [0.29, 0.717) is 28.2 Å². The standard InChI is InChI=1S/C19H15FO5/c1-11-15(24-17(21)10-23-2)7-6-14-18(22)16(25-19(11)14)9-12-4-3-5-13(20)8-12/h3-9H,10H2,1-2H3/b16-9-. The Balaban J connectivity index is 1.91. The average molecular weight is 342 g/mol. The molecule has 2 aromatic rings. The first-order chi connectivity index (χ1) is 12.0. The summed E-state index contributed by atoms with van der Waals surface area (Å²) in [7, 11) is 1.39. The number of hydrogen-bond donors (Lipinski definition) is 0. The van der Waals surface area contributed by atoms with E-state index in [1.165, 1.54) is 37.5 Å². The molecule has 6 heteroatoms. The fraction of sp³-hybridized carbons (Fsp3) is 0.158. The largest absolute Gasteiger partial charge is 0.452 e. The summed E-state index contributed by atoms with van der Waals surface area (Å²) < 4.78 is 28.8. The van der Waals surface area contributed by atoms with Crippen LogP contribution in [0.1, 0.15) is 21.5 Å². The van der Waals surface area contributed by atoms with Crippen LogP contribution in [-0.2, 0) is 9.53 Å². The number of allylic oxidation sites excluding steroid dienone is 1. The number of carbonyl (C=O) groups excluding carboxylic acids is 2. The van der Waals surface area contributed by atoms with E-state index in [2.05, 4.69) is 0 Å². The molecule has 1 heterocycles. The molecular weight excluding hydrogens is 327 g/mol. The average Bonchev–Trinajstić information content (AvgIpc) is 2.88. The molecule has 0 saturated heterocycles. The lowest BCUT2D eigenvalue weighted by atomic mass is 10.1. The summed E-state index contributed by atoms with van der Waals surface area (Å²) in [5.41, 5.74) is 1.41. The van der Waals surface area contributed by atoms with Crippen molar-refractivity contribution in [3.63, 3.8) is 0 Å². The van der Waals surface area contributed by atoms with Gasteiger partial charge in [0.15, 0.2) is 5.76 Å². The molecule has 128 valence electrons. The van der Waals surface area contributed by atoms with Gasteiger partial charge in [0.05, 0.1) is 5.56 Å². The second-order valence-corrected chi connectivity index (χ2v) is 5.47. The van der Waals surface area contributed by atoms with Gasteiger partial charge < -0.3 is 14.2 Å². The van der Waals surface area contributed by atoms with Gasteiger partial charge in [-0.2, -0.15) is 0 Å². The fourth-order valence-corrected chi connectivity index (χ4v) is 2.50. The summed E-state index contributed by atoms with van der Waals surface area (Å²) in [5, 5.41) is 0. The van der Waals surface area contributed by atoms with Crippen LogP contribution in [0.2, 0.25) is 0 Å². The van der Waals surface area contributed by atoms with Crippen molar-refractivity contribution >= 4 is 17.8 Å². The van der Waals surface area contributed by atoms with Crippen LogP contribution in [0.15, 0.2) is 42.2 Å². The van der Waals surface area contributed by atoms with Gasteiger partial charge in [0, 0.05) is 12.7 Å². The van der Waals surface area contributed by atoms with Gasteiger partial charge in [-0.3, -0.25) is 4.79 Å². The predicted octanol–water partition coefficient (Wildman–Crippen LogP) is 3.30. The maximum Gasteiger partial charge on any atom is 0.337 e. The van der Waals surface area contributed by atoms with Crippen LogP contribution in [0.4, 0.5) is 4.39 Å². The maximum atomic E-state index is 13.3. The lowest BCUT2D eigenvalue weighted by Gasteiger charge is -2.09. The molecule has 1 aliphatic heterocycles. The third-order valence-electron chi connectivity index (χ3n) is 3.67. The summed E-state index contributed by atoms with van der Waals surface area (Å²) in [6, 6.07) is 8.91. The Hall–Kier alpha value is -2.99. The van der Waals surface area contributed by atoms with E-state index < -0.39 is 11.8 Å². The predicted molar refractivity (Wildman–Crippen MR) is 88.0 cm³/mol. The Labute approximate surface area is 143 Å². The van der Waals surface area contributed by atoms with Gasteiger partial charge in [0.2, 0.25) is 5.78 Å². The smallest absolute Gasteiger partial charge is 0.337 e. The van der Waals surface area contributed by atoms with E-state index >= 15 is 0 Å². The number of methoxy groups -OCH3 is 1. The number of Topliss-reactive ketones (excluding diaryl/α,β-unsaturated/α-hetero) is 1. The molecule has 0 N–H and O–H groups in total.